The molecule has 0 aliphatic rings. The Morgan fingerprint density at radius 1 is 1.10 bits per heavy atom. The SMILES string of the molecule is COCCN(CCOC)C(=O)CCNc1ncnc2scc(-c3ccccc3)c12. The number of carbonyl (C=O) groups is 1. The molecule has 0 spiro atoms. The number of fused-ring (bicyclic) bond motifs is 1. The smallest absolute Gasteiger partial charge is 0.224 e. The highest BCUT2D eigenvalue weighted by Gasteiger charge is 2.15. The second-order valence-electron chi connectivity index (χ2n) is 6.46. The fourth-order valence-electron chi connectivity index (χ4n) is 3.05. The number of ether oxygens (including phenoxy) is 2. The standard InChI is InChI=1S/C21H26N4O3S/c1-27-12-10-25(11-13-28-2)18(26)8-9-22-20-19-17(16-6-4-3-5-7-16)14-29-21(19)24-15-23-20/h3-7,14-15H,8-13H2,1-2H3,(H,22,23,24). The van der Waals surface area contributed by atoms with Crippen LogP contribution in [0.2, 0.25) is 0 Å². The van der Waals surface area contributed by atoms with Crippen molar-refractivity contribution in [2.24, 2.45) is 0 Å². The van der Waals surface area contributed by atoms with Gasteiger partial charge in [0.2, 0.25) is 5.91 Å². The zero-order valence-corrected chi connectivity index (χ0v) is 17.6. The highest BCUT2D eigenvalue weighted by atomic mass is 32.1. The lowest BCUT2D eigenvalue weighted by atomic mass is 10.1. The number of carbonyl (C=O) groups excluding carboxylic acids is 1. The van der Waals surface area contributed by atoms with Gasteiger partial charge >= 0.3 is 0 Å². The topological polar surface area (TPSA) is 76.6 Å². The number of hydrogen-bond donors (Lipinski definition) is 1. The van der Waals surface area contributed by atoms with Gasteiger partial charge in [-0.15, -0.1) is 11.3 Å². The van der Waals surface area contributed by atoms with Gasteiger partial charge in [-0.25, -0.2) is 9.97 Å². The Hall–Kier alpha value is -2.55. The third kappa shape index (κ3) is 5.50. The fraction of sp³-hybridized carbons (Fsp3) is 0.381. The van der Waals surface area contributed by atoms with Crippen LogP contribution in [-0.2, 0) is 14.3 Å². The number of methoxy groups -OCH3 is 2. The Balaban J connectivity index is 1.69. The molecule has 1 aromatic carbocycles. The molecule has 3 rings (SSSR count). The van der Waals surface area contributed by atoms with Crippen molar-refractivity contribution in [3.8, 4) is 11.1 Å². The molecule has 2 aromatic heterocycles. The summed E-state index contributed by atoms with van der Waals surface area (Å²) in [5, 5.41) is 6.42. The first-order chi connectivity index (χ1) is 14.2. The van der Waals surface area contributed by atoms with Crippen molar-refractivity contribution in [2.45, 2.75) is 6.42 Å². The van der Waals surface area contributed by atoms with Crippen molar-refractivity contribution in [3.05, 3.63) is 42.0 Å². The number of amides is 1. The molecule has 0 fully saturated rings. The highest BCUT2D eigenvalue weighted by Crippen LogP contribution is 2.36. The summed E-state index contributed by atoms with van der Waals surface area (Å²) in [5.41, 5.74) is 2.22. The van der Waals surface area contributed by atoms with Gasteiger partial charge in [-0.3, -0.25) is 4.79 Å². The molecule has 1 N–H and O–H groups in total. The first-order valence-corrected chi connectivity index (χ1v) is 10.4. The summed E-state index contributed by atoms with van der Waals surface area (Å²) in [7, 11) is 3.26. The van der Waals surface area contributed by atoms with Crippen LogP contribution in [0.4, 0.5) is 5.82 Å². The summed E-state index contributed by atoms with van der Waals surface area (Å²) in [4.78, 5) is 24.1. The fourth-order valence-corrected chi connectivity index (χ4v) is 3.97. The molecule has 7 nitrogen and oxygen atoms in total. The predicted octanol–water partition coefficient (Wildman–Crippen LogP) is 3.28. The van der Waals surface area contributed by atoms with E-state index in [9.17, 15) is 4.79 Å². The molecule has 3 aromatic rings. The minimum atomic E-state index is 0.0606. The van der Waals surface area contributed by atoms with E-state index in [1.165, 1.54) is 0 Å². The quantitative estimate of drug-likeness (QED) is 0.519. The van der Waals surface area contributed by atoms with Crippen molar-refractivity contribution in [3.63, 3.8) is 0 Å². The predicted molar refractivity (Wildman–Crippen MR) is 116 cm³/mol. The Morgan fingerprint density at radius 2 is 1.83 bits per heavy atom. The minimum absolute atomic E-state index is 0.0606. The Bertz CT molecular complexity index is 909. The average molecular weight is 415 g/mol. The Morgan fingerprint density at radius 3 is 2.52 bits per heavy atom. The van der Waals surface area contributed by atoms with Gasteiger partial charge in [0.1, 0.15) is 17.0 Å². The van der Waals surface area contributed by atoms with Crippen molar-refractivity contribution < 1.29 is 14.3 Å². The highest BCUT2D eigenvalue weighted by molar-refractivity contribution is 7.17. The zero-order valence-electron chi connectivity index (χ0n) is 16.8. The van der Waals surface area contributed by atoms with E-state index in [1.807, 2.05) is 18.2 Å². The van der Waals surface area contributed by atoms with Crippen LogP contribution in [0, 0.1) is 0 Å². The molecule has 0 bridgehead atoms. The molecule has 0 saturated heterocycles. The van der Waals surface area contributed by atoms with E-state index < -0.39 is 0 Å². The molecule has 0 aliphatic heterocycles. The van der Waals surface area contributed by atoms with Crippen LogP contribution in [0.3, 0.4) is 0 Å². The summed E-state index contributed by atoms with van der Waals surface area (Å²) < 4.78 is 10.2. The first kappa shape index (κ1) is 21.2. The van der Waals surface area contributed by atoms with Crippen LogP contribution in [0.1, 0.15) is 6.42 Å². The molecule has 8 heteroatoms. The molecule has 1 amide bonds. The van der Waals surface area contributed by atoms with Crippen LogP contribution >= 0.6 is 11.3 Å². The van der Waals surface area contributed by atoms with Crippen molar-refractivity contribution >= 4 is 33.3 Å². The van der Waals surface area contributed by atoms with Gasteiger partial charge in [0.15, 0.2) is 0 Å². The van der Waals surface area contributed by atoms with E-state index in [4.69, 9.17) is 9.47 Å². The Labute approximate surface area is 174 Å². The van der Waals surface area contributed by atoms with Gasteiger partial charge < -0.3 is 19.7 Å². The third-order valence-corrected chi connectivity index (χ3v) is 5.46. The summed E-state index contributed by atoms with van der Waals surface area (Å²) in [5.74, 6) is 0.814. The number of rotatable bonds is 11. The summed E-state index contributed by atoms with van der Waals surface area (Å²) >= 11 is 1.59. The number of anilines is 1. The number of benzene rings is 1. The van der Waals surface area contributed by atoms with E-state index in [2.05, 4.69) is 32.8 Å². The normalized spacial score (nSPS) is 11.0. The molecule has 0 saturated carbocycles. The number of nitrogens with one attached hydrogen (secondary N) is 1. The van der Waals surface area contributed by atoms with Crippen LogP contribution in [-0.4, -0.2) is 67.8 Å². The van der Waals surface area contributed by atoms with Gasteiger partial charge in [0.25, 0.3) is 0 Å². The first-order valence-electron chi connectivity index (χ1n) is 9.51. The monoisotopic (exact) mass is 414 g/mol. The number of thiophene rings is 1. The largest absolute Gasteiger partial charge is 0.383 e. The second-order valence-corrected chi connectivity index (χ2v) is 7.32. The van der Waals surface area contributed by atoms with Gasteiger partial charge in [0.05, 0.1) is 18.6 Å². The maximum atomic E-state index is 12.6. The van der Waals surface area contributed by atoms with E-state index in [0.717, 1.165) is 27.2 Å². The van der Waals surface area contributed by atoms with Gasteiger partial charge in [0, 0.05) is 51.2 Å². The molecule has 154 valence electrons. The molecule has 2 heterocycles. The maximum Gasteiger partial charge on any atom is 0.224 e. The van der Waals surface area contributed by atoms with Crippen molar-refractivity contribution in [1.29, 1.82) is 0 Å². The van der Waals surface area contributed by atoms with E-state index >= 15 is 0 Å². The zero-order chi connectivity index (χ0) is 20.5. The number of aromatic nitrogens is 2. The molecule has 0 aliphatic carbocycles. The lowest BCUT2D eigenvalue weighted by Crippen LogP contribution is -2.37. The van der Waals surface area contributed by atoms with Crippen LogP contribution in [0.5, 0.6) is 0 Å². The van der Waals surface area contributed by atoms with E-state index in [1.54, 1.807) is 36.8 Å². The average Bonchev–Trinajstić information content (AvgIpc) is 3.19. The molecular formula is C21H26N4O3S. The lowest BCUT2D eigenvalue weighted by Gasteiger charge is -2.22. The van der Waals surface area contributed by atoms with E-state index in [0.29, 0.717) is 39.3 Å². The van der Waals surface area contributed by atoms with Crippen LogP contribution in [0.15, 0.2) is 42.0 Å². The van der Waals surface area contributed by atoms with Gasteiger partial charge in [-0.1, -0.05) is 30.3 Å². The minimum Gasteiger partial charge on any atom is -0.383 e. The second kappa shape index (κ2) is 10.8. The van der Waals surface area contributed by atoms with Crippen LogP contribution in [0.25, 0.3) is 21.3 Å². The third-order valence-electron chi connectivity index (χ3n) is 4.57. The maximum absolute atomic E-state index is 12.6. The summed E-state index contributed by atoms with van der Waals surface area (Å²) in [6.07, 6.45) is 1.92. The summed E-state index contributed by atoms with van der Waals surface area (Å²) in [6.45, 7) is 2.61. The molecule has 0 atom stereocenters. The van der Waals surface area contributed by atoms with Crippen LogP contribution < -0.4 is 5.32 Å². The molecule has 0 radical (unpaired) electrons. The number of hydrogen-bond acceptors (Lipinski definition) is 7. The molecule has 29 heavy (non-hydrogen) atoms. The Kier molecular flexibility index (Phi) is 7.92. The van der Waals surface area contributed by atoms with Crippen molar-refractivity contribution in [2.75, 3.05) is 52.4 Å². The van der Waals surface area contributed by atoms with Crippen molar-refractivity contribution in [1.82, 2.24) is 14.9 Å². The van der Waals surface area contributed by atoms with E-state index in [-0.39, 0.29) is 5.91 Å². The van der Waals surface area contributed by atoms with Gasteiger partial charge in [-0.2, -0.15) is 0 Å². The molecular weight excluding hydrogens is 388 g/mol. The van der Waals surface area contributed by atoms with Gasteiger partial charge in [-0.05, 0) is 5.56 Å². The summed E-state index contributed by atoms with van der Waals surface area (Å²) in [6, 6.07) is 10.2. The lowest BCUT2D eigenvalue weighted by molar-refractivity contribution is -0.132. The number of nitrogens with zero attached hydrogens (tertiary/aromatic N) is 3. The molecule has 0 unspecified atom stereocenters.